The van der Waals surface area contributed by atoms with Gasteiger partial charge in [0.25, 0.3) is 0 Å². The first-order valence-electron chi connectivity index (χ1n) is 8.33. The van der Waals surface area contributed by atoms with Crippen molar-refractivity contribution in [3.63, 3.8) is 0 Å². The second-order valence-corrected chi connectivity index (χ2v) is 5.95. The number of amides is 1. The van der Waals surface area contributed by atoms with Gasteiger partial charge in [0.2, 0.25) is 5.91 Å². The van der Waals surface area contributed by atoms with E-state index in [1.54, 1.807) is 4.90 Å². The second-order valence-electron chi connectivity index (χ2n) is 5.95. The van der Waals surface area contributed by atoms with Crippen LogP contribution in [0.25, 0.3) is 0 Å². The zero-order chi connectivity index (χ0) is 17.6. The number of anilines is 1. The van der Waals surface area contributed by atoms with Gasteiger partial charge in [-0.3, -0.25) is 9.59 Å². The number of para-hydroxylation sites is 2. The Labute approximate surface area is 147 Å². The van der Waals surface area contributed by atoms with E-state index >= 15 is 0 Å². The van der Waals surface area contributed by atoms with Gasteiger partial charge in [0.05, 0.1) is 26.6 Å². The summed E-state index contributed by atoms with van der Waals surface area (Å²) in [5.74, 6) is 0.459. The maximum absolute atomic E-state index is 12.6. The summed E-state index contributed by atoms with van der Waals surface area (Å²) in [6, 6.07) is 17.1. The molecule has 0 saturated carbocycles. The van der Waals surface area contributed by atoms with Crippen LogP contribution >= 0.6 is 0 Å². The average molecular weight is 339 g/mol. The highest BCUT2D eigenvalue weighted by Gasteiger charge is 2.33. The average Bonchev–Trinajstić information content (AvgIpc) is 3.01. The molecule has 25 heavy (non-hydrogen) atoms. The number of nitrogens with zero attached hydrogens (tertiary/aromatic N) is 1. The van der Waals surface area contributed by atoms with Crippen LogP contribution in [0.5, 0.6) is 5.75 Å². The Morgan fingerprint density at radius 2 is 1.80 bits per heavy atom. The van der Waals surface area contributed by atoms with Crippen molar-refractivity contribution in [1.82, 2.24) is 0 Å². The summed E-state index contributed by atoms with van der Waals surface area (Å²) in [4.78, 5) is 26.0. The highest BCUT2D eigenvalue weighted by atomic mass is 16.5. The molecule has 1 unspecified atom stereocenters. The maximum atomic E-state index is 12.6. The van der Waals surface area contributed by atoms with Gasteiger partial charge in [0.1, 0.15) is 5.75 Å². The van der Waals surface area contributed by atoms with Gasteiger partial charge in [-0.05, 0) is 23.8 Å². The molecule has 1 heterocycles. The van der Waals surface area contributed by atoms with E-state index in [0.717, 1.165) is 17.0 Å². The predicted molar refractivity (Wildman–Crippen MR) is 94.7 cm³/mol. The van der Waals surface area contributed by atoms with Crippen LogP contribution in [0.2, 0.25) is 0 Å². The minimum Gasteiger partial charge on any atom is -0.493 e. The number of hydrogen-bond acceptors (Lipinski definition) is 4. The molecule has 0 aliphatic carbocycles. The van der Waals surface area contributed by atoms with Crippen molar-refractivity contribution in [1.29, 1.82) is 0 Å². The second kappa shape index (κ2) is 7.83. The van der Waals surface area contributed by atoms with Crippen LogP contribution in [0.4, 0.5) is 5.69 Å². The van der Waals surface area contributed by atoms with Crippen LogP contribution in [-0.2, 0) is 14.3 Å². The summed E-state index contributed by atoms with van der Waals surface area (Å²) < 4.78 is 10.4. The van der Waals surface area contributed by atoms with Crippen molar-refractivity contribution >= 4 is 17.6 Å². The Balaban J connectivity index is 1.63. The molecule has 0 fully saturated rings. The molecule has 1 aliphatic rings. The first-order chi connectivity index (χ1) is 12.2. The molecule has 1 aliphatic heterocycles. The highest BCUT2D eigenvalue weighted by Crippen LogP contribution is 2.38. The standard InChI is InChI=1S/C20H21NO4/c1-24-20(23)13-15-14-21(18-10-6-5-9-17(15)18)19(22)11-12-25-16-7-3-2-4-8-16/h2-10,15H,11-14H2,1H3. The van der Waals surface area contributed by atoms with E-state index in [9.17, 15) is 9.59 Å². The van der Waals surface area contributed by atoms with Gasteiger partial charge in [-0.25, -0.2) is 0 Å². The van der Waals surface area contributed by atoms with Gasteiger partial charge in [0.15, 0.2) is 0 Å². The number of carbonyl (C=O) groups is 2. The fraction of sp³-hybridized carbons (Fsp3) is 0.300. The van der Waals surface area contributed by atoms with Crippen molar-refractivity contribution in [3.05, 3.63) is 60.2 Å². The van der Waals surface area contributed by atoms with Gasteiger partial charge in [-0.15, -0.1) is 0 Å². The number of rotatable bonds is 6. The van der Waals surface area contributed by atoms with Gasteiger partial charge in [-0.2, -0.15) is 0 Å². The summed E-state index contributed by atoms with van der Waals surface area (Å²) in [5, 5.41) is 0. The fourth-order valence-corrected chi connectivity index (χ4v) is 3.10. The molecule has 3 rings (SSSR count). The van der Waals surface area contributed by atoms with Crippen LogP contribution in [0.15, 0.2) is 54.6 Å². The van der Waals surface area contributed by atoms with Crippen LogP contribution in [0.1, 0.15) is 24.3 Å². The monoisotopic (exact) mass is 339 g/mol. The van der Waals surface area contributed by atoms with Gasteiger partial charge in [-0.1, -0.05) is 36.4 Å². The first kappa shape index (κ1) is 17.0. The molecule has 5 heteroatoms. The zero-order valence-corrected chi connectivity index (χ0v) is 14.2. The molecular formula is C20H21NO4. The predicted octanol–water partition coefficient (Wildman–Crippen LogP) is 3.15. The summed E-state index contributed by atoms with van der Waals surface area (Å²) in [7, 11) is 1.38. The van der Waals surface area contributed by atoms with Crippen molar-refractivity contribution in [3.8, 4) is 5.75 Å². The van der Waals surface area contributed by atoms with Crippen LogP contribution in [-0.4, -0.2) is 32.1 Å². The largest absolute Gasteiger partial charge is 0.493 e. The summed E-state index contributed by atoms with van der Waals surface area (Å²) >= 11 is 0. The molecule has 0 bridgehead atoms. The Morgan fingerprint density at radius 1 is 1.08 bits per heavy atom. The zero-order valence-electron chi connectivity index (χ0n) is 14.2. The lowest BCUT2D eigenvalue weighted by atomic mass is 9.98. The summed E-state index contributed by atoms with van der Waals surface area (Å²) in [6.45, 7) is 0.821. The third kappa shape index (κ3) is 3.99. The molecular weight excluding hydrogens is 318 g/mol. The van der Waals surface area contributed by atoms with E-state index in [4.69, 9.17) is 9.47 Å². The fourth-order valence-electron chi connectivity index (χ4n) is 3.10. The van der Waals surface area contributed by atoms with E-state index in [0.29, 0.717) is 13.2 Å². The molecule has 130 valence electrons. The first-order valence-corrected chi connectivity index (χ1v) is 8.33. The van der Waals surface area contributed by atoms with Gasteiger partial charge in [0, 0.05) is 18.2 Å². The Hall–Kier alpha value is -2.82. The van der Waals surface area contributed by atoms with Crippen LogP contribution in [0.3, 0.4) is 0 Å². The maximum Gasteiger partial charge on any atom is 0.306 e. The van der Waals surface area contributed by atoms with E-state index in [1.165, 1.54) is 7.11 Å². The van der Waals surface area contributed by atoms with Gasteiger partial charge < -0.3 is 14.4 Å². The van der Waals surface area contributed by atoms with Crippen molar-refractivity contribution in [2.75, 3.05) is 25.2 Å². The molecule has 1 atom stereocenters. The number of benzene rings is 2. The summed E-state index contributed by atoms with van der Waals surface area (Å²) in [5.41, 5.74) is 1.89. The quantitative estimate of drug-likeness (QED) is 0.759. The minimum atomic E-state index is -0.262. The molecule has 2 aromatic carbocycles. The number of ether oxygens (including phenoxy) is 2. The third-order valence-corrected chi connectivity index (χ3v) is 4.34. The number of hydrogen-bond donors (Lipinski definition) is 0. The van der Waals surface area contributed by atoms with Crippen LogP contribution < -0.4 is 9.64 Å². The molecule has 0 N–H and O–H groups in total. The van der Waals surface area contributed by atoms with Crippen LogP contribution in [0, 0.1) is 0 Å². The smallest absolute Gasteiger partial charge is 0.306 e. The lowest BCUT2D eigenvalue weighted by Crippen LogP contribution is -2.31. The number of esters is 1. The van der Waals surface area contributed by atoms with Crippen molar-refractivity contribution in [2.45, 2.75) is 18.8 Å². The molecule has 5 nitrogen and oxygen atoms in total. The molecule has 0 saturated heterocycles. The lowest BCUT2D eigenvalue weighted by Gasteiger charge is -2.18. The SMILES string of the molecule is COC(=O)CC1CN(C(=O)CCOc2ccccc2)c2ccccc21. The van der Waals surface area contributed by atoms with Crippen molar-refractivity contribution < 1.29 is 19.1 Å². The van der Waals surface area contributed by atoms with E-state index in [1.807, 2.05) is 54.6 Å². The minimum absolute atomic E-state index is 0.00394. The van der Waals surface area contributed by atoms with E-state index < -0.39 is 0 Å². The number of methoxy groups -OCH3 is 1. The Bertz CT molecular complexity index is 744. The van der Waals surface area contributed by atoms with E-state index in [2.05, 4.69) is 0 Å². The molecule has 0 aromatic heterocycles. The topological polar surface area (TPSA) is 55.8 Å². The summed E-state index contributed by atoms with van der Waals surface area (Å²) in [6.07, 6.45) is 0.561. The molecule has 1 amide bonds. The lowest BCUT2D eigenvalue weighted by molar-refractivity contribution is -0.141. The van der Waals surface area contributed by atoms with E-state index in [-0.39, 0.29) is 30.6 Å². The molecule has 0 spiro atoms. The highest BCUT2D eigenvalue weighted by molar-refractivity contribution is 5.96. The van der Waals surface area contributed by atoms with Crippen molar-refractivity contribution in [2.24, 2.45) is 0 Å². The normalized spacial score (nSPS) is 15.6. The number of carbonyl (C=O) groups excluding carboxylic acids is 2. The molecule has 2 aromatic rings. The number of fused-ring (bicyclic) bond motifs is 1. The third-order valence-electron chi connectivity index (χ3n) is 4.34. The Morgan fingerprint density at radius 3 is 2.56 bits per heavy atom. The molecule has 0 radical (unpaired) electrons. The Kier molecular flexibility index (Phi) is 5.33. The van der Waals surface area contributed by atoms with Gasteiger partial charge >= 0.3 is 5.97 Å².